The van der Waals surface area contributed by atoms with Crippen molar-refractivity contribution in [1.82, 2.24) is 4.90 Å². The number of allylic oxidation sites excluding steroid dienone is 2. The van der Waals surface area contributed by atoms with E-state index in [0.29, 0.717) is 46.8 Å². The highest BCUT2D eigenvalue weighted by molar-refractivity contribution is 9.11. The number of carbonyl (C=O) groups is 2. The summed E-state index contributed by atoms with van der Waals surface area (Å²) in [6.07, 6.45) is 9.49. The van der Waals surface area contributed by atoms with Gasteiger partial charge in [0.2, 0.25) is 0 Å². The Kier molecular flexibility index (Phi) is 5.82. The van der Waals surface area contributed by atoms with Gasteiger partial charge in [0, 0.05) is 44.1 Å². The Morgan fingerprint density at radius 2 is 1.84 bits per heavy atom. The molecule has 7 heteroatoms. The first kappa shape index (κ1) is 22.9. The van der Waals surface area contributed by atoms with Crippen LogP contribution >= 0.6 is 43.5 Å². The molecule has 4 nitrogen and oxygen atoms in total. The summed E-state index contributed by atoms with van der Waals surface area (Å²) in [4.78, 5) is 28.0. The van der Waals surface area contributed by atoms with Crippen LogP contribution in [0.25, 0.3) is 0 Å². The second kappa shape index (κ2) is 8.13. The molecule has 0 aromatic heterocycles. The van der Waals surface area contributed by atoms with E-state index in [4.69, 9.17) is 11.6 Å². The lowest BCUT2D eigenvalue weighted by Crippen LogP contribution is -2.59. The number of anilines is 1. The molecule has 0 spiro atoms. The third-order valence-corrected chi connectivity index (χ3v) is 10.4. The van der Waals surface area contributed by atoms with Gasteiger partial charge in [-0.15, -0.1) is 0 Å². The number of nitrogens with zero attached hydrogens (tertiary/aromatic N) is 1. The lowest BCUT2D eigenvalue weighted by atomic mass is 9.50. The molecule has 4 aliphatic rings. The van der Waals surface area contributed by atoms with Crippen LogP contribution in [-0.2, 0) is 4.79 Å². The molecular formula is C25H29Br2ClN2O2. The summed E-state index contributed by atoms with van der Waals surface area (Å²) in [5.41, 5.74) is 1.83. The number of ketones is 1. The molecule has 0 radical (unpaired) electrons. The molecule has 5 atom stereocenters. The average molecular weight is 585 g/mol. The molecule has 172 valence electrons. The molecule has 1 N–H and O–H groups in total. The Balaban J connectivity index is 1.52. The predicted octanol–water partition coefficient (Wildman–Crippen LogP) is 7.80. The molecule has 0 bridgehead atoms. The van der Waals surface area contributed by atoms with E-state index >= 15 is 0 Å². The maximum Gasteiger partial charge on any atom is 0.326 e. The zero-order valence-electron chi connectivity index (χ0n) is 18.5. The Hall–Kier alpha value is -0.850. The highest BCUT2D eigenvalue weighted by Gasteiger charge is 2.58. The number of nitrogens with one attached hydrogen (secondary N) is 1. The number of halogens is 3. The van der Waals surface area contributed by atoms with E-state index in [1.165, 1.54) is 32.1 Å². The minimum absolute atomic E-state index is 0.129. The van der Waals surface area contributed by atoms with Crippen LogP contribution in [0.1, 0.15) is 58.8 Å². The van der Waals surface area contributed by atoms with Crippen molar-refractivity contribution < 1.29 is 9.59 Å². The molecular weight excluding hydrogens is 556 g/mol. The molecule has 1 saturated heterocycles. The van der Waals surface area contributed by atoms with E-state index in [-0.39, 0.29) is 17.2 Å². The van der Waals surface area contributed by atoms with E-state index in [2.05, 4.69) is 51.0 Å². The molecule has 2 amide bonds. The van der Waals surface area contributed by atoms with Crippen LogP contribution < -0.4 is 5.32 Å². The summed E-state index contributed by atoms with van der Waals surface area (Å²) in [6, 6.07) is 3.36. The van der Waals surface area contributed by atoms with Crippen LogP contribution in [0.15, 0.2) is 32.9 Å². The van der Waals surface area contributed by atoms with Crippen LogP contribution in [0.3, 0.4) is 0 Å². The molecule has 0 unspecified atom stereocenters. The Morgan fingerprint density at radius 3 is 2.56 bits per heavy atom. The van der Waals surface area contributed by atoms with Crippen molar-refractivity contribution in [3.63, 3.8) is 0 Å². The van der Waals surface area contributed by atoms with Crippen molar-refractivity contribution >= 4 is 61.0 Å². The number of hydrogen-bond donors (Lipinski definition) is 1. The lowest BCUT2D eigenvalue weighted by molar-refractivity contribution is -0.118. The van der Waals surface area contributed by atoms with Crippen molar-refractivity contribution in [2.24, 2.45) is 28.6 Å². The second-order valence-electron chi connectivity index (χ2n) is 10.7. The van der Waals surface area contributed by atoms with Crippen LogP contribution in [0, 0.1) is 28.6 Å². The Morgan fingerprint density at radius 1 is 1.12 bits per heavy atom. The van der Waals surface area contributed by atoms with Crippen molar-refractivity contribution in [1.29, 1.82) is 0 Å². The number of rotatable bonds is 1. The first-order valence-corrected chi connectivity index (χ1v) is 13.6. The van der Waals surface area contributed by atoms with Gasteiger partial charge in [-0.25, -0.2) is 4.79 Å². The molecule has 1 heterocycles. The smallest absolute Gasteiger partial charge is 0.305 e. The number of benzene rings is 1. The highest BCUT2D eigenvalue weighted by atomic mass is 79.9. The van der Waals surface area contributed by atoms with Gasteiger partial charge in [-0.1, -0.05) is 31.9 Å². The zero-order valence-corrected chi connectivity index (χ0v) is 22.4. The molecule has 1 aromatic rings. The third kappa shape index (κ3) is 3.60. The zero-order chi connectivity index (χ0) is 22.8. The third-order valence-electron chi connectivity index (χ3n) is 8.98. The van der Waals surface area contributed by atoms with Gasteiger partial charge < -0.3 is 5.32 Å². The van der Waals surface area contributed by atoms with Gasteiger partial charge in [0.05, 0.1) is 5.69 Å². The maximum absolute atomic E-state index is 13.7. The van der Waals surface area contributed by atoms with E-state index in [1.807, 2.05) is 4.90 Å². The van der Waals surface area contributed by atoms with E-state index < -0.39 is 0 Å². The van der Waals surface area contributed by atoms with Gasteiger partial charge in [-0.05, 0) is 99.3 Å². The summed E-state index contributed by atoms with van der Waals surface area (Å²) in [5, 5.41) is 3.67. The van der Waals surface area contributed by atoms with Crippen molar-refractivity contribution in [2.45, 2.75) is 58.8 Å². The number of piperidine rings is 1. The standard InChI is InChI=1S/C25H29Br2ClN2O2/c1-24-7-3-4-17(24)16-13-30(23(32)29-22-19(26)10-14(28)11-20(22)27)21-12-15(31)5-9-25(21,2)18(16)6-8-24/h10-12,16-18H,3-9,13H2,1-2H3,(H,29,32)/t16-,17-,18-,24-,25+/m0/s1. The second-order valence-corrected chi connectivity index (χ2v) is 12.8. The van der Waals surface area contributed by atoms with Gasteiger partial charge in [-0.2, -0.15) is 0 Å². The van der Waals surface area contributed by atoms with Crippen LogP contribution in [0.4, 0.5) is 10.5 Å². The number of carbonyl (C=O) groups excluding carboxylic acids is 2. The first-order chi connectivity index (χ1) is 15.1. The van der Waals surface area contributed by atoms with E-state index in [1.54, 1.807) is 18.2 Å². The summed E-state index contributed by atoms with van der Waals surface area (Å²) >= 11 is 13.2. The molecule has 1 aliphatic heterocycles. The molecule has 5 rings (SSSR count). The number of fused-ring (bicyclic) bond motifs is 5. The lowest BCUT2D eigenvalue weighted by Gasteiger charge is -2.59. The molecule has 1 aromatic carbocycles. The largest absolute Gasteiger partial charge is 0.326 e. The summed E-state index contributed by atoms with van der Waals surface area (Å²) in [7, 11) is 0. The number of hydrogen-bond acceptors (Lipinski definition) is 2. The van der Waals surface area contributed by atoms with Crippen LogP contribution in [-0.4, -0.2) is 23.3 Å². The first-order valence-electron chi connectivity index (χ1n) is 11.6. The monoisotopic (exact) mass is 582 g/mol. The maximum atomic E-state index is 13.7. The fourth-order valence-corrected chi connectivity index (χ4v) is 9.19. The van der Waals surface area contributed by atoms with Gasteiger partial charge >= 0.3 is 6.03 Å². The minimum Gasteiger partial charge on any atom is -0.305 e. The Labute approximate surface area is 211 Å². The normalized spacial score (nSPS) is 36.2. The molecule has 2 saturated carbocycles. The van der Waals surface area contributed by atoms with Crippen molar-refractivity contribution in [2.75, 3.05) is 11.9 Å². The fourth-order valence-electron chi connectivity index (χ4n) is 7.33. The molecule has 3 fully saturated rings. The van der Waals surface area contributed by atoms with E-state index in [9.17, 15) is 9.59 Å². The number of urea groups is 1. The van der Waals surface area contributed by atoms with Gasteiger partial charge in [0.25, 0.3) is 0 Å². The van der Waals surface area contributed by atoms with Crippen LogP contribution in [0.5, 0.6) is 0 Å². The quantitative estimate of drug-likeness (QED) is 0.366. The highest BCUT2D eigenvalue weighted by Crippen LogP contribution is 2.64. The van der Waals surface area contributed by atoms with Gasteiger partial charge in [0.1, 0.15) is 0 Å². The summed E-state index contributed by atoms with van der Waals surface area (Å²) in [6.45, 7) is 5.45. The SMILES string of the molecule is C[C@@]12CCC[C@H]1[C@@H]1CN(C(=O)Nc3c(Br)cc(Cl)cc3Br)C3=CC(=O)CC[C@]3(C)[C@H]1CC2. The van der Waals surface area contributed by atoms with Crippen molar-refractivity contribution in [3.05, 3.63) is 37.9 Å². The summed E-state index contributed by atoms with van der Waals surface area (Å²) in [5.74, 6) is 1.80. The fraction of sp³-hybridized carbons (Fsp3) is 0.600. The number of amides is 2. The van der Waals surface area contributed by atoms with Crippen molar-refractivity contribution in [3.8, 4) is 0 Å². The predicted molar refractivity (Wildman–Crippen MR) is 135 cm³/mol. The van der Waals surface area contributed by atoms with Gasteiger partial charge in [0.15, 0.2) is 5.78 Å². The number of likely N-dealkylation sites (tertiary alicyclic amines) is 1. The van der Waals surface area contributed by atoms with Crippen LogP contribution in [0.2, 0.25) is 5.02 Å². The minimum atomic E-state index is -0.176. The average Bonchev–Trinajstić information content (AvgIpc) is 3.12. The Bertz CT molecular complexity index is 1000. The molecule has 3 aliphatic carbocycles. The van der Waals surface area contributed by atoms with Gasteiger partial charge in [-0.3, -0.25) is 9.69 Å². The van der Waals surface area contributed by atoms with E-state index in [0.717, 1.165) is 21.1 Å². The molecule has 32 heavy (non-hydrogen) atoms. The topological polar surface area (TPSA) is 49.4 Å². The summed E-state index contributed by atoms with van der Waals surface area (Å²) < 4.78 is 1.44.